The first-order valence-electron chi connectivity index (χ1n) is 11.3. The van der Waals surface area contributed by atoms with E-state index in [-0.39, 0.29) is 0 Å². The van der Waals surface area contributed by atoms with Crippen molar-refractivity contribution in [2.45, 2.75) is 25.8 Å². The van der Waals surface area contributed by atoms with Crippen molar-refractivity contribution in [3.8, 4) is 11.4 Å². The second-order valence-electron chi connectivity index (χ2n) is 8.73. The highest BCUT2D eigenvalue weighted by Crippen LogP contribution is 2.19. The van der Waals surface area contributed by atoms with Gasteiger partial charge in [0.2, 0.25) is 0 Å². The van der Waals surface area contributed by atoms with E-state index >= 15 is 0 Å². The van der Waals surface area contributed by atoms with Crippen LogP contribution in [0.3, 0.4) is 0 Å². The summed E-state index contributed by atoms with van der Waals surface area (Å²) in [4.78, 5) is 5.09. The molecule has 1 aliphatic heterocycles. The average molecular weight is 419 g/mol. The summed E-state index contributed by atoms with van der Waals surface area (Å²) in [5, 5.41) is 4.54. The molecule has 0 spiro atoms. The van der Waals surface area contributed by atoms with Crippen LogP contribution in [-0.4, -0.2) is 59.9 Å². The first kappa shape index (κ1) is 21.6. The molecule has 4 rings (SSSR count). The van der Waals surface area contributed by atoms with E-state index in [1.165, 1.54) is 37.1 Å². The molecule has 3 aromatic rings. The molecule has 0 saturated carbocycles. The van der Waals surface area contributed by atoms with E-state index in [1.54, 1.807) is 7.11 Å². The summed E-state index contributed by atoms with van der Waals surface area (Å²) in [6.45, 7) is 5.63. The van der Waals surface area contributed by atoms with E-state index in [2.05, 4.69) is 64.5 Å². The van der Waals surface area contributed by atoms with E-state index in [0.29, 0.717) is 0 Å². The Labute approximate surface area is 186 Å². The third-order valence-corrected chi connectivity index (χ3v) is 6.16. The minimum absolute atomic E-state index is 0.735. The Morgan fingerprint density at radius 1 is 1.06 bits per heavy atom. The van der Waals surface area contributed by atoms with Crippen molar-refractivity contribution >= 4 is 0 Å². The van der Waals surface area contributed by atoms with Crippen molar-refractivity contribution < 1.29 is 4.74 Å². The highest BCUT2D eigenvalue weighted by molar-refractivity contribution is 5.31. The van der Waals surface area contributed by atoms with Gasteiger partial charge in [0.05, 0.1) is 19.0 Å². The lowest BCUT2D eigenvalue weighted by Gasteiger charge is -2.34. The normalized spacial score (nSPS) is 17.2. The molecule has 31 heavy (non-hydrogen) atoms. The van der Waals surface area contributed by atoms with Crippen LogP contribution >= 0.6 is 0 Å². The minimum atomic E-state index is 0.735. The Bertz CT molecular complexity index is 922. The lowest BCUT2D eigenvalue weighted by molar-refractivity contribution is 0.142. The summed E-state index contributed by atoms with van der Waals surface area (Å²) in [5.74, 6) is 1.66. The molecule has 1 atom stereocenters. The number of hydrogen-bond acceptors (Lipinski definition) is 4. The van der Waals surface area contributed by atoms with E-state index in [4.69, 9.17) is 4.74 Å². The first-order chi connectivity index (χ1) is 15.2. The van der Waals surface area contributed by atoms with Crippen LogP contribution in [0.4, 0.5) is 0 Å². The second kappa shape index (κ2) is 10.6. The standard InChI is InChI=1S/C26H34N4O/c1-28(19-24-17-27-30(21-24)25-8-4-3-5-9-25)18-23-7-6-15-29(20-23)16-14-22-10-12-26(31-2)13-11-22/h3-5,8-13,17,21,23H,6-7,14-16,18-20H2,1-2H3. The number of rotatable bonds is 9. The summed E-state index contributed by atoms with van der Waals surface area (Å²) < 4.78 is 7.22. The smallest absolute Gasteiger partial charge is 0.118 e. The fraction of sp³-hybridized carbons (Fsp3) is 0.423. The predicted molar refractivity (Wildman–Crippen MR) is 126 cm³/mol. The molecular formula is C26H34N4O. The third kappa shape index (κ3) is 6.18. The van der Waals surface area contributed by atoms with Crippen LogP contribution in [0.1, 0.15) is 24.0 Å². The van der Waals surface area contributed by atoms with Gasteiger partial charge in [-0.3, -0.25) is 0 Å². The van der Waals surface area contributed by atoms with Crippen molar-refractivity contribution in [1.29, 1.82) is 0 Å². The SMILES string of the molecule is COc1ccc(CCN2CCCC(CN(C)Cc3cnn(-c4ccccc4)c3)C2)cc1. The Balaban J connectivity index is 1.23. The van der Waals surface area contributed by atoms with Gasteiger partial charge in [-0.15, -0.1) is 0 Å². The van der Waals surface area contributed by atoms with Crippen molar-refractivity contribution in [2.24, 2.45) is 5.92 Å². The molecule has 0 aliphatic carbocycles. The average Bonchev–Trinajstić information content (AvgIpc) is 3.27. The Morgan fingerprint density at radius 2 is 1.87 bits per heavy atom. The van der Waals surface area contributed by atoms with Gasteiger partial charge in [-0.2, -0.15) is 5.10 Å². The summed E-state index contributed by atoms with van der Waals surface area (Å²) in [6.07, 6.45) is 7.87. The predicted octanol–water partition coefficient (Wildman–Crippen LogP) is 4.27. The molecule has 1 unspecified atom stereocenters. The zero-order valence-corrected chi connectivity index (χ0v) is 18.8. The van der Waals surface area contributed by atoms with Gasteiger partial charge in [0.25, 0.3) is 0 Å². The molecule has 0 bridgehead atoms. The summed E-state index contributed by atoms with van der Waals surface area (Å²) in [6, 6.07) is 18.8. The number of aromatic nitrogens is 2. The monoisotopic (exact) mass is 418 g/mol. The highest BCUT2D eigenvalue weighted by atomic mass is 16.5. The van der Waals surface area contributed by atoms with Gasteiger partial charge in [0.1, 0.15) is 5.75 Å². The van der Waals surface area contributed by atoms with Gasteiger partial charge in [-0.05, 0) is 68.6 Å². The van der Waals surface area contributed by atoms with Crippen molar-refractivity contribution in [1.82, 2.24) is 19.6 Å². The van der Waals surface area contributed by atoms with Crippen LogP contribution in [0, 0.1) is 5.92 Å². The molecule has 2 heterocycles. The van der Waals surface area contributed by atoms with E-state index in [9.17, 15) is 0 Å². The van der Waals surface area contributed by atoms with E-state index in [0.717, 1.165) is 43.4 Å². The Morgan fingerprint density at radius 3 is 2.65 bits per heavy atom. The van der Waals surface area contributed by atoms with Gasteiger partial charge in [-0.1, -0.05) is 30.3 Å². The minimum Gasteiger partial charge on any atom is -0.497 e. The third-order valence-electron chi connectivity index (χ3n) is 6.16. The van der Waals surface area contributed by atoms with E-state index < -0.39 is 0 Å². The maximum Gasteiger partial charge on any atom is 0.118 e. The summed E-state index contributed by atoms with van der Waals surface area (Å²) >= 11 is 0. The maximum absolute atomic E-state index is 5.26. The Kier molecular flexibility index (Phi) is 7.39. The molecule has 164 valence electrons. The van der Waals surface area contributed by atoms with Gasteiger partial charge < -0.3 is 14.5 Å². The van der Waals surface area contributed by atoms with Gasteiger partial charge in [0, 0.05) is 37.9 Å². The molecular weight excluding hydrogens is 384 g/mol. The number of ether oxygens (including phenoxy) is 1. The summed E-state index contributed by atoms with van der Waals surface area (Å²) in [7, 11) is 3.95. The number of nitrogens with zero attached hydrogens (tertiary/aromatic N) is 4. The van der Waals surface area contributed by atoms with Gasteiger partial charge in [-0.25, -0.2) is 4.68 Å². The van der Waals surface area contributed by atoms with Crippen LogP contribution in [-0.2, 0) is 13.0 Å². The molecule has 0 amide bonds. The van der Waals surface area contributed by atoms with E-state index in [1.807, 2.05) is 29.1 Å². The molecule has 1 aliphatic rings. The summed E-state index contributed by atoms with van der Waals surface area (Å²) in [5.41, 5.74) is 3.75. The maximum atomic E-state index is 5.26. The van der Waals surface area contributed by atoms with Gasteiger partial charge >= 0.3 is 0 Å². The number of benzene rings is 2. The topological polar surface area (TPSA) is 33.5 Å². The lowest BCUT2D eigenvalue weighted by Crippen LogP contribution is -2.40. The second-order valence-corrected chi connectivity index (χ2v) is 8.73. The van der Waals surface area contributed by atoms with Crippen molar-refractivity contribution in [2.75, 3.05) is 40.3 Å². The molecule has 0 N–H and O–H groups in total. The zero-order chi connectivity index (χ0) is 21.5. The first-order valence-corrected chi connectivity index (χ1v) is 11.3. The number of methoxy groups -OCH3 is 1. The molecule has 5 nitrogen and oxygen atoms in total. The number of likely N-dealkylation sites (tertiary alicyclic amines) is 1. The van der Waals surface area contributed by atoms with Crippen LogP contribution in [0.2, 0.25) is 0 Å². The molecule has 0 radical (unpaired) electrons. The largest absolute Gasteiger partial charge is 0.497 e. The number of piperidine rings is 1. The number of para-hydroxylation sites is 1. The highest BCUT2D eigenvalue weighted by Gasteiger charge is 2.21. The fourth-order valence-electron chi connectivity index (χ4n) is 4.56. The van der Waals surface area contributed by atoms with Crippen LogP contribution in [0.25, 0.3) is 5.69 Å². The van der Waals surface area contributed by atoms with Crippen LogP contribution < -0.4 is 4.74 Å². The van der Waals surface area contributed by atoms with Crippen molar-refractivity contribution in [3.05, 3.63) is 78.1 Å². The molecule has 2 aromatic carbocycles. The van der Waals surface area contributed by atoms with Crippen LogP contribution in [0.15, 0.2) is 67.0 Å². The zero-order valence-electron chi connectivity index (χ0n) is 18.8. The fourth-order valence-corrected chi connectivity index (χ4v) is 4.56. The van der Waals surface area contributed by atoms with Crippen molar-refractivity contribution in [3.63, 3.8) is 0 Å². The quantitative estimate of drug-likeness (QED) is 0.520. The molecule has 1 saturated heterocycles. The molecule has 1 aromatic heterocycles. The Hall–Kier alpha value is -2.63. The number of hydrogen-bond donors (Lipinski definition) is 0. The van der Waals surface area contributed by atoms with Gasteiger partial charge in [0.15, 0.2) is 0 Å². The van der Waals surface area contributed by atoms with Crippen LogP contribution in [0.5, 0.6) is 5.75 Å². The molecule has 1 fully saturated rings. The molecule has 5 heteroatoms. The lowest BCUT2D eigenvalue weighted by atomic mass is 9.97.